The van der Waals surface area contributed by atoms with Gasteiger partial charge in [0.15, 0.2) is 0 Å². The topological polar surface area (TPSA) is 112 Å². The average Bonchev–Trinajstić information content (AvgIpc) is 3.33. The van der Waals surface area contributed by atoms with E-state index in [1.165, 1.54) is 31.1 Å². The van der Waals surface area contributed by atoms with Crippen LogP contribution in [0.15, 0.2) is 60.7 Å². The lowest BCUT2D eigenvalue weighted by molar-refractivity contribution is -0.157. The summed E-state index contributed by atoms with van der Waals surface area (Å²) in [7, 11) is 4.01. The van der Waals surface area contributed by atoms with Crippen molar-refractivity contribution in [2.24, 2.45) is 17.8 Å². The van der Waals surface area contributed by atoms with Gasteiger partial charge in [-0.1, -0.05) is 60.7 Å². The lowest BCUT2D eigenvalue weighted by Gasteiger charge is -2.36. The maximum Gasteiger partial charge on any atom is 0.410 e. The predicted octanol–water partition coefficient (Wildman–Crippen LogP) is 4.66. The Morgan fingerprint density at radius 3 is 1.93 bits per heavy atom. The molecule has 0 heterocycles. The minimum atomic E-state index is -1.02. The Bertz CT molecular complexity index is 1180. The third kappa shape index (κ3) is 8.45. The van der Waals surface area contributed by atoms with Gasteiger partial charge in [-0.15, -0.1) is 0 Å². The molecule has 222 valence electrons. The minimum Gasteiger partial charge on any atom is -0.469 e. The van der Waals surface area contributed by atoms with E-state index in [0.717, 1.165) is 11.1 Å². The van der Waals surface area contributed by atoms with Crippen LogP contribution in [0.25, 0.3) is 0 Å². The molecule has 4 atom stereocenters. The van der Waals surface area contributed by atoms with Gasteiger partial charge in [0.25, 0.3) is 0 Å². The van der Waals surface area contributed by atoms with E-state index in [2.05, 4.69) is 0 Å². The second-order valence-corrected chi connectivity index (χ2v) is 11.2. The van der Waals surface area contributed by atoms with Crippen molar-refractivity contribution in [1.29, 1.82) is 0 Å². The third-order valence-corrected chi connectivity index (χ3v) is 7.08. The zero-order valence-electron chi connectivity index (χ0n) is 24.6. The fourth-order valence-corrected chi connectivity index (χ4v) is 5.27. The predicted molar refractivity (Wildman–Crippen MR) is 150 cm³/mol. The number of rotatable bonds is 9. The first kappa shape index (κ1) is 31.4. The lowest BCUT2D eigenvalue weighted by atomic mass is 9.92. The largest absolute Gasteiger partial charge is 0.469 e. The number of esters is 2. The molecule has 1 saturated carbocycles. The molecule has 0 saturated heterocycles. The van der Waals surface area contributed by atoms with Crippen molar-refractivity contribution in [3.63, 3.8) is 0 Å². The first-order valence-corrected chi connectivity index (χ1v) is 13.6. The minimum absolute atomic E-state index is 0.0758. The van der Waals surface area contributed by atoms with E-state index in [1.54, 1.807) is 20.8 Å². The number of hydrogen-bond donors (Lipinski definition) is 0. The van der Waals surface area contributed by atoms with E-state index in [4.69, 9.17) is 18.9 Å². The normalized spacial score (nSPS) is 20.0. The molecular weight excluding hydrogens is 528 g/mol. The van der Waals surface area contributed by atoms with Gasteiger partial charge in [0.2, 0.25) is 0 Å². The van der Waals surface area contributed by atoms with E-state index in [1.807, 2.05) is 60.7 Å². The molecule has 0 spiro atoms. The molecule has 0 N–H and O–H groups in total. The van der Waals surface area contributed by atoms with Crippen molar-refractivity contribution in [2.45, 2.75) is 52.0 Å². The molecular formula is C31H40N2O8. The van der Waals surface area contributed by atoms with Crippen LogP contribution < -0.4 is 0 Å². The number of nitrogens with zero attached hydrogens (tertiary/aromatic N) is 2. The van der Waals surface area contributed by atoms with Crippen LogP contribution in [0.3, 0.4) is 0 Å². The Morgan fingerprint density at radius 1 is 0.829 bits per heavy atom. The smallest absolute Gasteiger partial charge is 0.410 e. The molecule has 1 aliphatic rings. The van der Waals surface area contributed by atoms with Gasteiger partial charge in [-0.2, -0.15) is 0 Å². The monoisotopic (exact) mass is 568 g/mol. The van der Waals surface area contributed by atoms with Gasteiger partial charge in [0.05, 0.1) is 32.1 Å². The van der Waals surface area contributed by atoms with Crippen LogP contribution >= 0.6 is 0 Å². The van der Waals surface area contributed by atoms with Crippen LogP contribution in [0, 0.1) is 17.8 Å². The highest BCUT2D eigenvalue weighted by Gasteiger charge is 2.54. The van der Waals surface area contributed by atoms with Gasteiger partial charge in [0.1, 0.15) is 12.2 Å². The number of carbonyl (C=O) groups is 4. The van der Waals surface area contributed by atoms with Crippen LogP contribution in [-0.2, 0) is 41.7 Å². The first-order chi connectivity index (χ1) is 19.4. The summed E-state index contributed by atoms with van der Waals surface area (Å²) in [5.74, 6) is -3.65. The summed E-state index contributed by atoms with van der Waals surface area (Å²) in [5.41, 5.74) is 0.913. The van der Waals surface area contributed by atoms with Crippen molar-refractivity contribution in [1.82, 2.24) is 9.80 Å². The molecule has 0 aromatic heterocycles. The number of carbonyl (C=O) groups excluding carboxylic acids is 4. The molecule has 3 rings (SSSR count). The van der Waals surface area contributed by atoms with Crippen LogP contribution in [-0.4, -0.2) is 73.4 Å². The summed E-state index contributed by atoms with van der Waals surface area (Å²) in [5, 5.41) is 0. The van der Waals surface area contributed by atoms with Crippen molar-refractivity contribution in [3.05, 3.63) is 71.8 Å². The number of ether oxygens (including phenoxy) is 4. The van der Waals surface area contributed by atoms with E-state index in [-0.39, 0.29) is 26.1 Å². The van der Waals surface area contributed by atoms with Gasteiger partial charge >= 0.3 is 24.1 Å². The van der Waals surface area contributed by atoms with E-state index in [9.17, 15) is 19.2 Å². The molecule has 0 aliphatic heterocycles. The Hall–Kier alpha value is -4.08. The Morgan fingerprint density at radius 2 is 1.39 bits per heavy atom. The SMILES string of the molecule is COC(=O)C1C[C@@H](CN(Cc2ccccc2)C(=O)OCc2ccccc2)[C@H](N(C)C(=O)OC(C)(C)C)C1C(=O)OC. The van der Waals surface area contributed by atoms with Crippen LogP contribution in [0.2, 0.25) is 0 Å². The highest BCUT2D eigenvalue weighted by Crippen LogP contribution is 2.42. The highest BCUT2D eigenvalue weighted by molar-refractivity contribution is 5.84. The average molecular weight is 569 g/mol. The summed E-state index contributed by atoms with van der Waals surface area (Å²) in [6, 6.07) is 17.9. The standard InChI is InChI=1S/C31H40N2O8/c1-31(2,3)41-29(36)32(4)26-23(17-24(27(34)38-5)25(26)28(35)39-6)19-33(18-21-13-9-7-10-14-21)30(37)40-20-22-15-11-8-12-16-22/h7-16,23-26H,17-20H2,1-6H3/t23-,24?,25?,26-/m0/s1. The molecule has 2 aromatic rings. The zero-order chi connectivity index (χ0) is 30.2. The maximum atomic E-state index is 13.5. The highest BCUT2D eigenvalue weighted by atomic mass is 16.6. The van der Waals surface area contributed by atoms with Crippen LogP contribution in [0.4, 0.5) is 9.59 Å². The molecule has 0 radical (unpaired) electrons. The Kier molecular flexibility index (Phi) is 10.7. The van der Waals surface area contributed by atoms with Gasteiger partial charge < -0.3 is 28.7 Å². The molecule has 1 fully saturated rings. The van der Waals surface area contributed by atoms with Gasteiger partial charge in [-0.05, 0) is 44.2 Å². The van der Waals surface area contributed by atoms with Crippen molar-refractivity contribution < 1.29 is 38.1 Å². The molecule has 10 heteroatoms. The summed E-state index contributed by atoms with van der Waals surface area (Å²) in [4.78, 5) is 55.4. The van der Waals surface area contributed by atoms with Crippen molar-refractivity contribution in [3.8, 4) is 0 Å². The van der Waals surface area contributed by atoms with Crippen LogP contribution in [0.1, 0.15) is 38.3 Å². The molecule has 0 bridgehead atoms. The third-order valence-electron chi connectivity index (χ3n) is 7.08. The number of methoxy groups -OCH3 is 2. The second kappa shape index (κ2) is 14.0. The van der Waals surface area contributed by atoms with Gasteiger partial charge in [0, 0.05) is 20.1 Å². The van der Waals surface area contributed by atoms with E-state index < -0.39 is 53.5 Å². The quantitative estimate of drug-likeness (QED) is 0.317. The number of amides is 2. The molecule has 2 unspecified atom stereocenters. The second-order valence-electron chi connectivity index (χ2n) is 11.2. The Labute approximate surface area is 241 Å². The van der Waals surface area contributed by atoms with E-state index in [0.29, 0.717) is 0 Å². The molecule has 2 amide bonds. The summed E-state index contributed by atoms with van der Waals surface area (Å²) in [6.45, 7) is 5.62. The molecule has 1 aliphatic carbocycles. The zero-order valence-corrected chi connectivity index (χ0v) is 24.6. The summed E-state index contributed by atoms with van der Waals surface area (Å²) >= 11 is 0. The summed E-state index contributed by atoms with van der Waals surface area (Å²) in [6.07, 6.45) is -1.04. The van der Waals surface area contributed by atoms with E-state index >= 15 is 0 Å². The number of benzene rings is 2. The maximum absolute atomic E-state index is 13.5. The molecule has 2 aromatic carbocycles. The molecule has 10 nitrogen and oxygen atoms in total. The number of hydrogen-bond acceptors (Lipinski definition) is 8. The Balaban J connectivity index is 1.96. The van der Waals surface area contributed by atoms with Gasteiger partial charge in [-0.3, -0.25) is 9.59 Å². The van der Waals surface area contributed by atoms with Crippen molar-refractivity contribution in [2.75, 3.05) is 27.8 Å². The van der Waals surface area contributed by atoms with Gasteiger partial charge in [-0.25, -0.2) is 9.59 Å². The fraction of sp³-hybridized carbons (Fsp3) is 0.484. The fourth-order valence-electron chi connectivity index (χ4n) is 5.27. The molecule has 41 heavy (non-hydrogen) atoms. The van der Waals surface area contributed by atoms with Crippen molar-refractivity contribution >= 4 is 24.1 Å². The summed E-state index contributed by atoms with van der Waals surface area (Å²) < 4.78 is 21.4. The first-order valence-electron chi connectivity index (χ1n) is 13.6. The van der Waals surface area contributed by atoms with Crippen LogP contribution in [0.5, 0.6) is 0 Å². The lowest BCUT2D eigenvalue weighted by Crippen LogP contribution is -2.51.